The smallest absolute Gasteiger partial charge is 0.220 e. The molecule has 1 saturated carbocycles. The Morgan fingerprint density at radius 1 is 1.38 bits per heavy atom. The van der Waals surface area contributed by atoms with E-state index in [0.717, 1.165) is 29.9 Å². The fourth-order valence-electron chi connectivity index (χ4n) is 3.41. The van der Waals surface area contributed by atoms with Gasteiger partial charge in [0.25, 0.3) is 0 Å². The molecule has 1 aromatic rings. The van der Waals surface area contributed by atoms with E-state index in [1.54, 1.807) is 0 Å². The highest BCUT2D eigenvalue weighted by Gasteiger charge is 2.27. The van der Waals surface area contributed by atoms with Crippen molar-refractivity contribution in [2.45, 2.75) is 78.2 Å². The minimum atomic E-state index is 0.170. The first-order chi connectivity index (χ1) is 10.1. The van der Waals surface area contributed by atoms with Crippen molar-refractivity contribution in [3.8, 4) is 0 Å². The van der Waals surface area contributed by atoms with Gasteiger partial charge in [-0.15, -0.1) is 0 Å². The molecule has 118 valence electrons. The summed E-state index contributed by atoms with van der Waals surface area (Å²) in [4.78, 5) is 12.2. The summed E-state index contributed by atoms with van der Waals surface area (Å²) in [7, 11) is 0. The van der Waals surface area contributed by atoms with Crippen LogP contribution in [-0.4, -0.2) is 17.1 Å². The SMILES string of the molecule is CCCC[C@@H]1CCC[C@H]1NC(=O)CCc1c(C)noc1C. The van der Waals surface area contributed by atoms with Crippen LogP contribution in [0.2, 0.25) is 0 Å². The molecular weight excluding hydrogens is 264 g/mol. The first kappa shape index (κ1) is 16.1. The van der Waals surface area contributed by atoms with E-state index in [1.807, 2.05) is 13.8 Å². The van der Waals surface area contributed by atoms with Gasteiger partial charge >= 0.3 is 0 Å². The van der Waals surface area contributed by atoms with Crippen LogP contribution >= 0.6 is 0 Å². The molecule has 1 amide bonds. The predicted octanol–water partition coefficient (Wildman–Crippen LogP) is 3.70. The summed E-state index contributed by atoms with van der Waals surface area (Å²) >= 11 is 0. The molecular formula is C17H28N2O2. The van der Waals surface area contributed by atoms with E-state index in [9.17, 15) is 4.79 Å². The number of aryl methyl sites for hydroxylation is 2. The third-order valence-corrected chi connectivity index (χ3v) is 4.72. The Morgan fingerprint density at radius 3 is 2.86 bits per heavy atom. The minimum absolute atomic E-state index is 0.170. The maximum atomic E-state index is 12.2. The van der Waals surface area contributed by atoms with Gasteiger partial charge in [0.15, 0.2) is 0 Å². The van der Waals surface area contributed by atoms with Crippen molar-refractivity contribution in [2.75, 3.05) is 0 Å². The third kappa shape index (κ3) is 4.32. The summed E-state index contributed by atoms with van der Waals surface area (Å²) in [5.41, 5.74) is 1.99. The highest BCUT2D eigenvalue weighted by Crippen LogP contribution is 2.30. The van der Waals surface area contributed by atoms with E-state index < -0.39 is 0 Å². The number of hydrogen-bond acceptors (Lipinski definition) is 3. The van der Waals surface area contributed by atoms with Crippen molar-refractivity contribution >= 4 is 5.91 Å². The van der Waals surface area contributed by atoms with Gasteiger partial charge in [0.2, 0.25) is 5.91 Å². The van der Waals surface area contributed by atoms with E-state index in [2.05, 4.69) is 17.4 Å². The van der Waals surface area contributed by atoms with Gasteiger partial charge in [-0.1, -0.05) is 31.3 Å². The fraction of sp³-hybridized carbons (Fsp3) is 0.765. The molecule has 1 fully saturated rings. The molecule has 2 rings (SSSR count). The third-order valence-electron chi connectivity index (χ3n) is 4.72. The fourth-order valence-corrected chi connectivity index (χ4v) is 3.41. The lowest BCUT2D eigenvalue weighted by atomic mass is 9.96. The van der Waals surface area contributed by atoms with E-state index >= 15 is 0 Å². The van der Waals surface area contributed by atoms with Crippen LogP contribution in [0.3, 0.4) is 0 Å². The first-order valence-electron chi connectivity index (χ1n) is 8.33. The van der Waals surface area contributed by atoms with E-state index in [-0.39, 0.29) is 5.91 Å². The maximum Gasteiger partial charge on any atom is 0.220 e. The molecule has 1 N–H and O–H groups in total. The van der Waals surface area contributed by atoms with Crippen LogP contribution in [0.5, 0.6) is 0 Å². The molecule has 0 unspecified atom stereocenters. The summed E-state index contributed by atoms with van der Waals surface area (Å²) < 4.78 is 5.14. The highest BCUT2D eigenvalue weighted by molar-refractivity contribution is 5.76. The average molecular weight is 292 g/mol. The standard InChI is InChI=1S/C17H28N2O2/c1-4-5-7-14-8-6-9-16(14)18-17(20)11-10-15-12(2)19-21-13(15)3/h14,16H,4-11H2,1-3H3,(H,18,20)/t14-,16-/m1/s1. The first-order valence-corrected chi connectivity index (χ1v) is 8.33. The Labute approximate surface area is 127 Å². The summed E-state index contributed by atoms with van der Waals surface area (Å²) in [5.74, 6) is 1.69. The number of carbonyl (C=O) groups excluding carboxylic acids is 1. The maximum absolute atomic E-state index is 12.2. The Hall–Kier alpha value is -1.32. The number of unbranched alkanes of at least 4 members (excludes halogenated alkanes) is 1. The molecule has 0 radical (unpaired) electrons. The van der Waals surface area contributed by atoms with Crippen LogP contribution in [0, 0.1) is 19.8 Å². The van der Waals surface area contributed by atoms with Gasteiger partial charge in [-0.3, -0.25) is 4.79 Å². The van der Waals surface area contributed by atoms with E-state index in [0.29, 0.717) is 18.4 Å². The molecule has 1 aromatic heterocycles. The zero-order valence-electron chi connectivity index (χ0n) is 13.6. The number of rotatable bonds is 7. The lowest BCUT2D eigenvalue weighted by Gasteiger charge is -2.20. The van der Waals surface area contributed by atoms with Crippen molar-refractivity contribution in [3.63, 3.8) is 0 Å². The van der Waals surface area contributed by atoms with Crippen molar-refractivity contribution in [1.82, 2.24) is 10.5 Å². The van der Waals surface area contributed by atoms with Crippen molar-refractivity contribution in [1.29, 1.82) is 0 Å². The van der Waals surface area contributed by atoms with Gasteiger partial charge in [0.05, 0.1) is 5.69 Å². The second-order valence-electron chi connectivity index (χ2n) is 6.31. The molecule has 2 atom stereocenters. The van der Waals surface area contributed by atoms with Crippen LogP contribution in [0.1, 0.15) is 68.9 Å². The lowest BCUT2D eigenvalue weighted by molar-refractivity contribution is -0.122. The summed E-state index contributed by atoms with van der Waals surface area (Å²) in [6, 6.07) is 0.397. The lowest BCUT2D eigenvalue weighted by Crippen LogP contribution is -2.37. The van der Waals surface area contributed by atoms with Gasteiger partial charge in [0, 0.05) is 18.0 Å². The molecule has 0 spiro atoms. The van der Waals surface area contributed by atoms with Gasteiger partial charge in [-0.2, -0.15) is 0 Å². The van der Waals surface area contributed by atoms with Crippen LogP contribution in [0.25, 0.3) is 0 Å². The molecule has 0 aromatic carbocycles. The molecule has 1 aliphatic carbocycles. The van der Waals surface area contributed by atoms with Crippen LogP contribution in [0.4, 0.5) is 0 Å². The number of hydrogen-bond donors (Lipinski definition) is 1. The second-order valence-corrected chi connectivity index (χ2v) is 6.31. The molecule has 1 aliphatic rings. The molecule has 0 saturated heterocycles. The molecule has 4 nitrogen and oxygen atoms in total. The monoisotopic (exact) mass is 292 g/mol. The predicted molar refractivity (Wildman–Crippen MR) is 83.1 cm³/mol. The Morgan fingerprint density at radius 2 is 2.19 bits per heavy atom. The number of nitrogens with zero attached hydrogens (tertiary/aromatic N) is 1. The summed E-state index contributed by atoms with van der Waals surface area (Å²) in [5, 5.41) is 7.19. The quantitative estimate of drug-likeness (QED) is 0.833. The van der Waals surface area contributed by atoms with Crippen molar-refractivity contribution < 1.29 is 9.32 Å². The minimum Gasteiger partial charge on any atom is -0.361 e. The zero-order valence-corrected chi connectivity index (χ0v) is 13.6. The molecule has 4 heteroatoms. The normalized spacial score (nSPS) is 21.7. The average Bonchev–Trinajstić information content (AvgIpc) is 3.02. The Bertz CT molecular complexity index is 448. The van der Waals surface area contributed by atoms with Crippen LogP contribution < -0.4 is 5.32 Å². The summed E-state index contributed by atoms with van der Waals surface area (Å²) in [6.45, 7) is 6.07. The zero-order chi connectivity index (χ0) is 15.2. The number of nitrogens with one attached hydrogen (secondary N) is 1. The summed E-state index contributed by atoms with van der Waals surface area (Å²) in [6.07, 6.45) is 8.69. The number of amides is 1. The van der Waals surface area contributed by atoms with E-state index in [4.69, 9.17) is 4.52 Å². The highest BCUT2D eigenvalue weighted by atomic mass is 16.5. The van der Waals surface area contributed by atoms with Gasteiger partial charge < -0.3 is 9.84 Å². The second kappa shape index (κ2) is 7.62. The van der Waals surface area contributed by atoms with Gasteiger partial charge in [-0.25, -0.2) is 0 Å². The molecule has 1 heterocycles. The molecule has 21 heavy (non-hydrogen) atoms. The van der Waals surface area contributed by atoms with Crippen molar-refractivity contribution in [2.24, 2.45) is 5.92 Å². The molecule has 0 aliphatic heterocycles. The van der Waals surface area contributed by atoms with E-state index in [1.165, 1.54) is 32.1 Å². The Kier molecular flexibility index (Phi) is 5.83. The van der Waals surface area contributed by atoms with Crippen LogP contribution in [0.15, 0.2) is 4.52 Å². The van der Waals surface area contributed by atoms with Crippen LogP contribution in [-0.2, 0) is 11.2 Å². The number of carbonyl (C=O) groups is 1. The largest absolute Gasteiger partial charge is 0.361 e. The van der Waals surface area contributed by atoms with Gasteiger partial charge in [-0.05, 0) is 45.4 Å². The van der Waals surface area contributed by atoms with Crippen molar-refractivity contribution in [3.05, 3.63) is 17.0 Å². The topological polar surface area (TPSA) is 55.1 Å². The molecule has 0 bridgehead atoms. The number of aromatic nitrogens is 1. The van der Waals surface area contributed by atoms with Gasteiger partial charge in [0.1, 0.15) is 5.76 Å². The Balaban J connectivity index is 1.79.